The first kappa shape index (κ1) is 29.3. The van der Waals surface area contributed by atoms with E-state index in [-0.39, 0.29) is 30.2 Å². The van der Waals surface area contributed by atoms with Gasteiger partial charge in [-0.1, -0.05) is 37.3 Å². The molecule has 0 bridgehead atoms. The smallest absolute Gasteiger partial charge is 0.332 e. The molecule has 0 N–H and O–H groups in total. The minimum Gasteiger partial charge on any atom is -0.474 e. The van der Waals surface area contributed by atoms with Crippen LogP contribution in [-0.4, -0.2) is 49.3 Å². The van der Waals surface area contributed by atoms with Gasteiger partial charge >= 0.3 is 5.69 Å². The van der Waals surface area contributed by atoms with Gasteiger partial charge in [-0.3, -0.25) is 13.9 Å². The third-order valence-corrected chi connectivity index (χ3v) is 8.45. The van der Waals surface area contributed by atoms with Crippen LogP contribution in [0.3, 0.4) is 0 Å². The van der Waals surface area contributed by atoms with Crippen molar-refractivity contribution in [1.29, 1.82) is 0 Å². The molecule has 0 amide bonds. The molecule has 3 aromatic heterocycles. The number of aryl methyl sites for hydroxylation is 2. The number of imidazole rings is 1. The Hall–Kier alpha value is -3.76. The molecule has 1 aliphatic carbocycles. The molecular weight excluding hydrogens is 546 g/mol. The third kappa shape index (κ3) is 6.17. The zero-order chi connectivity index (χ0) is 29.8. The fourth-order valence-corrected chi connectivity index (χ4v) is 5.86. The van der Waals surface area contributed by atoms with Crippen molar-refractivity contribution < 1.29 is 14.2 Å². The van der Waals surface area contributed by atoms with E-state index in [4.69, 9.17) is 24.2 Å². The molecule has 1 unspecified atom stereocenters. The molecule has 10 nitrogen and oxygen atoms in total. The number of hydrogen-bond acceptors (Lipinski definition) is 7. The Labute approximate surface area is 251 Å². The van der Waals surface area contributed by atoms with E-state index in [1.54, 1.807) is 4.57 Å². The fourth-order valence-electron chi connectivity index (χ4n) is 5.86. The number of ether oxygens (including phenoxy) is 3. The summed E-state index contributed by atoms with van der Waals surface area (Å²) in [7, 11) is 0. The van der Waals surface area contributed by atoms with Crippen molar-refractivity contribution in [2.24, 2.45) is 0 Å². The lowest BCUT2D eigenvalue weighted by molar-refractivity contribution is -0.163. The van der Waals surface area contributed by atoms with Crippen molar-refractivity contribution in [3.63, 3.8) is 0 Å². The molecule has 0 radical (unpaired) electrons. The van der Waals surface area contributed by atoms with Gasteiger partial charge in [0.05, 0.1) is 12.3 Å². The maximum Gasteiger partial charge on any atom is 0.332 e. The lowest BCUT2D eigenvalue weighted by Crippen LogP contribution is -2.40. The van der Waals surface area contributed by atoms with Gasteiger partial charge in [-0.15, -0.1) is 0 Å². The van der Waals surface area contributed by atoms with E-state index in [1.807, 2.05) is 54.0 Å². The maximum atomic E-state index is 14.1. The van der Waals surface area contributed by atoms with Crippen LogP contribution in [0, 0.1) is 0 Å². The highest BCUT2D eigenvalue weighted by Gasteiger charge is 2.25. The quantitative estimate of drug-likeness (QED) is 0.217. The summed E-state index contributed by atoms with van der Waals surface area (Å²) in [5.41, 5.74) is 2.80. The van der Waals surface area contributed by atoms with Gasteiger partial charge in [-0.05, 0) is 69.9 Å². The molecule has 1 atom stereocenters. The summed E-state index contributed by atoms with van der Waals surface area (Å²) in [6.07, 6.45) is 7.52. The highest BCUT2D eigenvalue weighted by atomic mass is 16.7. The van der Waals surface area contributed by atoms with Gasteiger partial charge in [0.25, 0.3) is 5.56 Å². The largest absolute Gasteiger partial charge is 0.474 e. The predicted octanol–water partition coefficient (Wildman–Crippen LogP) is 4.92. The van der Waals surface area contributed by atoms with Crippen LogP contribution in [0.25, 0.3) is 22.6 Å². The van der Waals surface area contributed by atoms with Crippen molar-refractivity contribution in [3.8, 4) is 17.3 Å². The van der Waals surface area contributed by atoms with Gasteiger partial charge in [0.1, 0.15) is 11.9 Å². The van der Waals surface area contributed by atoms with E-state index < -0.39 is 0 Å². The standard InChI is InChI=1S/C33H41N5O5/c1-3-26-25(17-18-27(34-26)43-24-14-10-15-24)30-35-31-29(38(30)22-23-12-6-5-7-13-23)32(39)37(33(40)36(31)4-2)19-11-21-42-28-16-8-9-20-41-28/h5-7,12-13,17-18,24,28H,3-4,8-11,14-16,19-22H2,1-2H3. The number of hydrogen-bond donors (Lipinski definition) is 0. The van der Waals surface area contributed by atoms with E-state index in [9.17, 15) is 9.59 Å². The maximum absolute atomic E-state index is 14.1. The average Bonchev–Trinajstić information content (AvgIpc) is 3.38. The molecule has 4 heterocycles. The number of fused-ring (bicyclic) bond motifs is 1. The summed E-state index contributed by atoms with van der Waals surface area (Å²) in [6.45, 7) is 6.14. The fraction of sp³-hybridized carbons (Fsp3) is 0.515. The van der Waals surface area contributed by atoms with Gasteiger partial charge in [-0.2, -0.15) is 0 Å². The first-order chi connectivity index (χ1) is 21.1. The van der Waals surface area contributed by atoms with Crippen LogP contribution in [0.5, 0.6) is 5.88 Å². The van der Waals surface area contributed by atoms with Crippen LogP contribution in [-0.2, 0) is 35.5 Å². The molecule has 0 spiro atoms. The van der Waals surface area contributed by atoms with E-state index in [0.29, 0.717) is 62.0 Å². The number of benzene rings is 1. The molecule has 10 heteroatoms. The van der Waals surface area contributed by atoms with Gasteiger partial charge in [0.2, 0.25) is 5.88 Å². The zero-order valence-electron chi connectivity index (χ0n) is 25.2. The summed E-state index contributed by atoms with van der Waals surface area (Å²) in [4.78, 5) is 37.6. The van der Waals surface area contributed by atoms with Crippen LogP contribution in [0.15, 0.2) is 52.1 Å². The monoisotopic (exact) mass is 587 g/mol. The van der Waals surface area contributed by atoms with E-state index in [1.165, 1.54) is 11.0 Å². The highest BCUT2D eigenvalue weighted by Crippen LogP contribution is 2.30. The zero-order valence-corrected chi connectivity index (χ0v) is 25.2. The van der Waals surface area contributed by atoms with Crippen molar-refractivity contribution in [2.45, 2.75) is 97.2 Å². The molecule has 1 aromatic carbocycles. The molecule has 1 saturated heterocycles. The molecule has 6 rings (SSSR count). The second kappa shape index (κ2) is 13.3. The predicted molar refractivity (Wildman–Crippen MR) is 165 cm³/mol. The van der Waals surface area contributed by atoms with Crippen LogP contribution in [0.2, 0.25) is 0 Å². The second-order valence-corrected chi connectivity index (χ2v) is 11.4. The molecule has 2 aliphatic rings. The van der Waals surface area contributed by atoms with Crippen LogP contribution in [0.4, 0.5) is 0 Å². The molecule has 4 aromatic rings. The summed E-state index contributed by atoms with van der Waals surface area (Å²) >= 11 is 0. The lowest BCUT2D eigenvalue weighted by Gasteiger charge is -2.26. The van der Waals surface area contributed by atoms with Crippen molar-refractivity contribution in [2.75, 3.05) is 13.2 Å². The Bertz CT molecular complexity index is 1670. The van der Waals surface area contributed by atoms with Gasteiger partial charge < -0.3 is 18.8 Å². The summed E-state index contributed by atoms with van der Waals surface area (Å²) in [5, 5.41) is 0. The van der Waals surface area contributed by atoms with Crippen LogP contribution >= 0.6 is 0 Å². The molecule has 228 valence electrons. The Morgan fingerprint density at radius 1 is 0.930 bits per heavy atom. The van der Waals surface area contributed by atoms with Crippen molar-refractivity contribution in [3.05, 3.63) is 74.6 Å². The molecule has 1 aliphatic heterocycles. The molecule has 43 heavy (non-hydrogen) atoms. The van der Waals surface area contributed by atoms with Crippen molar-refractivity contribution in [1.82, 2.24) is 23.7 Å². The Kier molecular flexibility index (Phi) is 9.04. The van der Waals surface area contributed by atoms with Gasteiger partial charge in [-0.25, -0.2) is 14.8 Å². The Morgan fingerprint density at radius 3 is 2.47 bits per heavy atom. The van der Waals surface area contributed by atoms with Crippen LogP contribution in [0.1, 0.15) is 70.1 Å². The lowest BCUT2D eigenvalue weighted by atomic mass is 9.96. The second-order valence-electron chi connectivity index (χ2n) is 11.4. The Morgan fingerprint density at radius 2 is 1.77 bits per heavy atom. The van der Waals surface area contributed by atoms with Gasteiger partial charge in [0, 0.05) is 37.9 Å². The third-order valence-electron chi connectivity index (χ3n) is 8.45. The molecular formula is C33H41N5O5. The normalized spacial score (nSPS) is 17.3. The van der Waals surface area contributed by atoms with Gasteiger partial charge in [0.15, 0.2) is 17.5 Å². The molecule has 2 fully saturated rings. The minimum absolute atomic E-state index is 0.206. The average molecular weight is 588 g/mol. The first-order valence-corrected chi connectivity index (χ1v) is 15.7. The summed E-state index contributed by atoms with van der Waals surface area (Å²) in [5.74, 6) is 1.23. The topological polar surface area (TPSA) is 102 Å². The number of pyridine rings is 1. The Balaban J connectivity index is 1.42. The van der Waals surface area contributed by atoms with Crippen LogP contribution < -0.4 is 16.0 Å². The highest BCUT2D eigenvalue weighted by molar-refractivity contribution is 5.78. The number of aromatic nitrogens is 5. The van der Waals surface area contributed by atoms with E-state index in [0.717, 1.165) is 48.9 Å². The minimum atomic E-state index is -0.358. The summed E-state index contributed by atoms with van der Waals surface area (Å²) in [6, 6.07) is 13.9. The number of nitrogens with zero attached hydrogens (tertiary/aromatic N) is 5. The number of rotatable bonds is 12. The molecule has 1 saturated carbocycles. The van der Waals surface area contributed by atoms with E-state index in [2.05, 4.69) is 6.92 Å². The van der Waals surface area contributed by atoms with Crippen molar-refractivity contribution >= 4 is 11.2 Å². The SMILES string of the molecule is CCc1nc(OC2CCC2)ccc1-c1nc2c(c(=O)n(CCCOC3CCCCO3)c(=O)n2CC)n1Cc1ccccc1. The first-order valence-electron chi connectivity index (χ1n) is 15.7. The summed E-state index contributed by atoms with van der Waals surface area (Å²) < 4.78 is 22.5. The van der Waals surface area contributed by atoms with E-state index >= 15 is 0 Å².